The highest BCUT2D eigenvalue weighted by molar-refractivity contribution is 6.12. The molecular weight excluding hydrogens is 200 g/mol. The van der Waals surface area contributed by atoms with Crippen LogP contribution in [0.1, 0.15) is 6.92 Å². The van der Waals surface area contributed by atoms with Crippen molar-refractivity contribution in [2.24, 2.45) is 0 Å². The lowest BCUT2D eigenvalue weighted by Gasteiger charge is -2.30. The van der Waals surface area contributed by atoms with Crippen molar-refractivity contribution in [2.75, 3.05) is 5.32 Å². The van der Waals surface area contributed by atoms with Gasteiger partial charge in [0.1, 0.15) is 0 Å². The number of ether oxygens (including phenoxy) is 1. The van der Waals surface area contributed by atoms with Crippen molar-refractivity contribution in [1.29, 1.82) is 0 Å². The smallest absolute Gasteiger partial charge is 0.357 e. The van der Waals surface area contributed by atoms with Crippen LogP contribution in [0, 0.1) is 0 Å². The molecule has 0 unspecified atom stereocenters. The summed E-state index contributed by atoms with van der Waals surface area (Å²) in [6, 6.07) is 3.14. The number of nitrogens with zero attached hydrogens (tertiary/aromatic N) is 1. The van der Waals surface area contributed by atoms with Crippen LogP contribution < -0.4 is 10.1 Å². The Morgan fingerprint density at radius 3 is 3.07 bits per heavy atom. The molecule has 6 heteroatoms. The third kappa shape index (κ3) is 1.30. The van der Waals surface area contributed by atoms with Crippen molar-refractivity contribution >= 4 is 17.7 Å². The van der Waals surface area contributed by atoms with Gasteiger partial charge < -0.3 is 15.2 Å². The van der Waals surface area contributed by atoms with Crippen LogP contribution in [0.3, 0.4) is 0 Å². The highest BCUT2D eigenvalue weighted by atomic mass is 16.5. The van der Waals surface area contributed by atoms with Crippen molar-refractivity contribution in [3.63, 3.8) is 0 Å². The number of carboxylic acid groups (broad SMARTS) is 1. The Morgan fingerprint density at radius 1 is 1.67 bits per heavy atom. The van der Waals surface area contributed by atoms with E-state index in [-0.39, 0.29) is 11.6 Å². The number of carbonyl (C=O) groups excluding carboxylic acids is 1. The van der Waals surface area contributed by atoms with Crippen LogP contribution in [0.25, 0.3) is 0 Å². The Balaban J connectivity index is 2.46. The Morgan fingerprint density at radius 2 is 2.40 bits per heavy atom. The normalized spacial score (nSPS) is 23.7. The molecule has 1 aliphatic heterocycles. The SMILES string of the molecule is C[C@]1(C(=O)O)Oc2cccnc2NC1=O. The van der Waals surface area contributed by atoms with Crippen molar-refractivity contribution in [2.45, 2.75) is 12.5 Å². The maximum Gasteiger partial charge on any atom is 0.357 e. The van der Waals surface area contributed by atoms with E-state index in [1.807, 2.05) is 0 Å². The molecule has 0 bridgehead atoms. The second-order valence-corrected chi connectivity index (χ2v) is 3.24. The predicted molar refractivity (Wildman–Crippen MR) is 49.5 cm³/mol. The molecule has 1 atom stereocenters. The average Bonchev–Trinajstić information content (AvgIpc) is 2.19. The lowest BCUT2D eigenvalue weighted by Crippen LogP contribution is -2.54. The van der Waals surface area contributed by atoms with Crippen molar-refractivity contribution in [3.8, 4) is 5.75 Å². The molecule has 0 radical (unpaired) electrons. The van der Waals surface area contributed by atoms with Gasteiger partial charge in [-0.05, 0) is 19.1 Å². The Bertz CT molecular complexity index is 445. The topological polar surface area (TPSA) is 88.5 Å². The van der Waals surface area contributed by atoms with Gasteiger partial charge in [0.2, 0.25) is 0 Å². The summed E-state index contributed by atoms with van der Waals surface area (Å²) in [6.07, 6.45) is 1.48. The predicted octanol–water partition coefficient (Wildman–Crippen LogP) is 0.256. The van der Waals surface area contributed by atoms with E-state index in [1.165, 1.54) is 13.1 Å². The Kier molecular flexibility index (Phi) is 1.85. The first-order valence-electron chi connectivity index (χ1n) is 4.23. The highest BCUT2D eigenvalue weighted by Crippen LogP contribution is 2.31. The second kappa shape index (κ2) is 2.94. The molecule has 0 aliphatic carbocycles. The number of carboxylic acids is 1. The van der Waals surface area contributed by atoms with Crippen LogP contribution in [-0.2, 0) is 9.59 Å². The number of aliphatic carboxylic acids is 1. The standard InChI is InChI=1S/C9H8N2O4/c1-9(8(13)14)7(12)11-6-5(15-9)3-2-4-10-6/h2-4H,1H3,(H,13,14)(H,10,11,12)/t9-/m0/s1. The first-order valence-corrected chi connectivity index (χ1v) is 4.23. The highest BCUT2D eigenvalue weighted by Gasteiger charge is 2.47. The summed E-state index contributed by atoms with van der Waals surface area (Å²) < 4.78 is 5.12. The van der Waals surface area contributed by atoms with Gasteiger partial charge in [0, 0.05) is 6.20 Å². The van der Waals surface area contributed by atoms with E-state index in [4.69, 9.17) is 9.84 Å². The quantitative estimate of drug-likeness (QED) is 0.646. The Hall–Kier alpha value is -2.11. The minimum atomic E-state index is -1.89. The van der Waals surface area contributed by atoms with Gasteiger partial charge in [-0.25, -0.2) is 9.78 Å². The van der Waals surface area contributed by atoms with Gasteiger partial charge >= 0.3 is 5.97 Å². The minimum absolute atomic E-state index is 0.237. The molecule has 0 saturated carbocycles. The van der Waals surface area contributed by atoms with E-state index in [0.717, 1.165) is 0 Å². The number of rotatable bonds is 1. The van der Waals surface area contributed by atoms with Crippen LogP contribution >= 0.6 is 0 Å². The lowest BCUT2D eigenvalue weighted by atomic mass is 10.0. The number of hydrogen-bond donors (Lipinski definition) is 2. The van der Waals surface area contributed by atoms with Gasteiger partial charge in [-0.1, -0.05) is 0 Å². The zero-order chi connectivity index (χ0) is 11.1. The third-order valence-electron chi connectivity index (χ3n) is 2.16. The molecule has 0 spiro atoms. The number of aromatic nitrogens is 1. The summed E-state index contributed by atoms with van der Waals surface area (Å²) in [5, 5.41) is 11.3. The van der Waals surface area contributed by atoms with E-state index in [0.29, 0.717) is 0 Å². The fourth-order valence-electron chi connectivity index (χ4n) is 1.20. The van der Waals surface area contributed by atoms with E-state index in [2.05, 4.69) is 10.3 Å². The zero-order valence-corrected chi connectivity index (χ0v) is 7.85. The van der Waals surface area contributed by atoms with Gasteiger partial charge in [-0.15, -0.1) is 0 Å². The molecule has 0 aromatic carbocycles. The molecule has 1 amide bonds. The second-order valence-electron chi connectivity index (χ2n) is 3.24. The van der Waals surface area contributed by atoms with E-state index < -0.39 is 17.5 Å². The number of nitrogens with one attached hydrogen (secondary N) is 1. The maximum absolute atomic E-state index is 11.5. The number of anilines is 1. The van der Waals surface area contributed by atoms with Gasteiger partial charge in [0.05, 0.1) is 0 Å². The van der Waals surface area contributed by atoms with E-state index in [9.17, 15) is 9.59 Å². The van der Waals surface area contributed by atoms with Crippen LogP contribution in [-0.4, -0.2) is 27.6 Å². The van der Waals surface area contributed by atoms with Crippen LogP contribution in [0.4, 0.5) is 5.82 Å². The molecule has 2 heterocycles. The van der Waals surface area contributed by atoms with Gasteiger partial charge in [-0.3, -0.25) is 4.79 Å². The van der Waals surface area contributed by atoms with Gasteiger partial charge in [-0.2, -0.15) is 0 Å². The largest absolute Gasteiger partial charge is 0.478 e. The van der Waals surface area contributed by atoms with Crippen LogP contribution in [0.2, 0.25) is 0 Å². The van der Waals surface area contributed by atoms with E-state index >= 15 is 0 Å². The molecule has 0 fully saturated rings. The number of fused-ring (bicyclic) bond motifs is 1. The molecule has 1 aromatic heterocycles. The summed E-state index contributed by atoms with van der Waals surface area (Å²) in [7, 11) is 0. The average molecular weight is 208 g/mol. The number of carbonyl (C=O) groups is 2. The molecule has 78 valence electrons. The number of hydrogen-bond acceptors (Lipinski definition) is 4. The summed E-state index contributed by atoms with van der Waals surface area (Å²) in [6.45, 7) is 1.20. The van der Waals surface area contributed by atoms with Crippen molar-refractivity contribution < 1.29 is 19.4 Å². The fraction of sp³-hybridized carbons (Fsp3) is 0.222. The van der Waals surface area contributed by atoms with Crippen molar-refractivity contribution in [3.05, 3.63) is 18.3 Å². The summed E-state index contributed by atoms with van der Waals surface area (Å²) in [5.41, 5.74) is -1.89. The summed E-state index contributed by atoms with van der Waals surface area (Å²) >= 11 is 0. The first-order chi connectivity index (χ1) is 7.04. The van der Waals surface area contributed by atoms with Crippen molar-refractivity contribution in [1.82, 2.24) is 4.98 Å². The molecule has 1 aromatic rings. The van der Waals surface area contributed by atoms with Gasteiger partial charge in [0.15, 0.2) is 11.6 Å². The van der Waals surface area contributed by atoms with Crippen LogP contribution in [0.15, 0.2) is 18.3 Å². The number of amides is 1. The van der Waals surface area contributed by atoms with Crippen LogP contribution in [0.5, 0.6) is 5.75 Å². The molecule has 1 aliphatic rings. The summed E-state index contributed by atoms with van der Waals surface area (Å²) in [4.78, 5) is 26.2. The summed E-state index contributed by atoms with van der Waals surface area (Å²) in [5.74, 6) is -1.58. The molecule has 0 saturated heterocycles. The fourth-order valence-corrected chi connectivity index (χ4v) is 1.20. The van der Waals surface area contributed by atoms with Gasteiger partial charge in [0.25, 0.3) is 11.5 Å². The molecule has 6 nitrogen and oxygen atoms in total. The molecule has 2 N–H and O–H groups in total. The molecular formula is C9H8N2O4. The minimum Gasteiger partial charge on any atom is -0.478 e. The first kappa shape index (κ1) is 9.45. The lowest BCUT2D eigenvalue weighted by molar-refractivity contribution is -0.159. The number of pyridine rings is 1. The third-order valence-corrected chi connectivity index (χ3v) is 2.16. The zero-order valence-electron chi connectivity index (χ0n) is 7.85. The molecule has 2 rings (SSSR count). The maximum atomic E-state index is 11.5. The molecule has 15 heavy (non-hydrogen) atoms. The Labute approximate surface area is 84.9 Å². The monoisotopic (exact) mass is 208 g/mol. The van der Waals surface area contributed by atoms with E-state index in [1.54, 1.807) is 12.1 Å².